The van der Waals surface area contributed by atoms with Gasteiger partial charge in [0.25, 0.3) is 5.91 Å². The lowest BCUT2D eigenvalue weighted by molar-refractivity contribution is 0.0698. The number of carbonyl (C=O) groups is 2. The molecule has 0 heterocycles. The fraction of sp³-hybridized carbons (Fsp3) is 0. The Morgan fingerprint density at radius 3 is 2.57 bits per heavy atom. The van der Waals surface area contributed by atoms with Gasteiger partial charge < -0.3 is 10.4 Å². The third-order valence-electron chi connectivity index (χ3n) is 2.66. The van der Waals surface area contributed by atoms with Crippen molar-refractivity contribution >= 4 is 45.1 Å². The van der Waals surface area contributed by atoms with Crippen LogP contribution in [0.3, 0.4) is 0 Å². The van der Waals surface area contributed by atoms with Gasteiger partial charge in [-0.3, -0.25) is 4.79 Å². The van der Waals surface area contributed by atoms with Crippen LogP contribution in [0, 0.1) is 5.82 Å². The molecule has 1 amide bonds. The highest BCUT2D eigenvalue weighted by molar-refractivity contribution is 9.10. The van der Waals surface area contributed by atoms with Gasteiger partial charge in [-0.1, -0.05) is 17.7 Å². The molecule has 2 aromatic carbocycles. The number of carbonyl (C=O) groups excluding carboxylic acids is 1. The Labute approximate surface area is 132 Å². The van der Waals surface area contributed by atoms with Crippen molar-refractivity contribution in [2.24, 2.45) is 0 Å². The minimum absolute atomic E-state index is 0.0382. The quantitative estimate of drug-likeness (QED) is 0.849. The molecular formula is C14H8BrClFNO3. The molecule has 4 nitrogen and oxygen atoms in total. The number of hydrogen-bond donors (Lipinski definition) is 2. The smallest absolute Gasteiger partial charge is 0.337 e. The van der Waals surface area contributed by atoms with Gasteiger partial charge in [0, 0.05) is 5.02 Å². The van der Waals surface area contributed by atoms with Crippen LogP contribution in [0.4, 0.5) is 10.1 Å². The molecule has 0 aromatic heterocycles. The fourth-order valence-electron chi connectivity index (χ4n) is 1.67. The Bertz CT molecular complexity index is 736. The molecule has 2 rings (SSSR count). The summed E-state index contributed by atoms with van der Waals surface area (Å²) in [5.41, 5.74) is -0.335. The Balaban J connectivity index is 2.36. The van der Waals surface area contributed by atoms with E-state index in [4.69, 9.17) is 16.7 Å². The van der Waals surface area contributed by atoms with Gasteiger partial charge in [0.05, 0.1) is 21.3 Å². The maximum absolute atomic E-state index is 13.8. The standard InChI is InChI=1S/C14H8BrClFNO3/c15-10-3-1-2-8(12(10)17)13(19)18-11-5-4-7(16)6-9(11)14(20)21/h1-6H,(H,18,19)(H,20,21). The molecular weight excluding hydrogens is 365 g/mol. The second kappa shape index (κ2) is 6.24. The van der Waals surface area contributed by atoms with Gasteiger partial charge >= 0.3 is 5.97 Å². The summed E-state index contributed by atoms with van der Waals surface area (Å²) < 4.78 is 14.0. The van der Waals surface area contributed by atoms with Crippen molar-refractivity contribution in [3.05, 3.63) is 62.8 Å². The minimum Gasteiger partial charge on any atom is -0.478 e. The molecule has 21 heavy (non-hydrogen) atoms. The van der Waals surface area contributed by atoms with Crippen LogP contribution >= 0.6 is 27.5 Å². The average Bonchev–Trinajstić information content (AvgIpc) is 2.43. The first-order valence-electron chi connectivity index (χ1n) is 5.68. The number of hydrogen-bond acceptors (Lipinski definition) is 2. The maximum Gasteiger partial charge on any atom is 0.337 e. The van der Waals surface area contributed by atoms with Crippen LogP contribution < -0.4 is 5.32 Å². The molecule has 0 aliphatic carbocycles. The van der Waals surface area contributed by atoms with Crippen molar-refractivity contribution in [2.45, 2.75) is 0 Å². The number of carboxylic acids is 1. The summed E-state index contributed by atoms with van der Waals surface area (Å²) >= 11 is 8.70. The molecule has 2 N–H and O–H groups in total. The van der Waals surface area contributed by atoms with Gasteiger partial charge in [0.1, 0.15) is 5.82 Å². The van der Waals surface area contributed by atoms with Gasteiger partial charge in [-0.05, 0) is 46.3 Å². The molecule has 108 valence electrons. The molecule has 0 bridgehead atoms. The van der Waals surface area contributed by atoms with Crippen LogP contribution in [0.15, 0.2) is 40.9 Å². The highest BCUT2D eigenvalue weighted by Crippen LogP contribution is 2.23. The molecule has 0 atom stereocenters. The number of aromatic carboxylic acids is 1. The summed E-state index contributed by atoms with van der Waals surface area (Å²) in [4.78, 5) is 23.2. The molecule has 0 radical (unpaired) electrons. The molecule has 0 spiro atoms. The highest BCUT2D eigenvalue weighted by atomic mass is 79.9. The van der Waals surface area contributed by atoms with Gasteiger partial charge in [-0.25, -0.2) is 9.18 Å². The molecule has 0 aliphatic rings. The highest BCUT2D eigenvalue weighted by Gasteiger charge is 2.17. The van der Waals surface area contributed by atoms with Gasteiger partial charge in [0.2, 0.25) is 0 Å². The van der Waals surface area contributed by atoms with Crippen molar-refractivity contribution in [1.82, 2.24) is 0 Å². The van der Waals surface area contributed by atoms with E-state index in [0.717, 1.165) is 0 Å². The van der Waals surface area contributed by atoms with E-state index in [1.54, 1.807) is 0 Å². The fourth-order valence-corrected chi connectivity index (χ4v) is 2.21. The maximum atomic E-state index is 13.8. The molecule has 0 saturated carbocycles. The summed E-state index contributed by atoms with van der Waals surface area (Å²) in [5, 5.41) is 11.7. The molecule has 0 aliphatic heterocycles. The Morgan fingerprint density at radius 2 is 1.90 bits per heavy atom. The average molecular weight is 373 g/mol. The minimum atomic E-state index is -1.25. The second-order valence-corrected chi connectivity index (χ2v) is 5.34. The van der Waals surface area contributed by atoms with Crippen LogP contribution in [0.1, 0.15) is 20.7 Å². The Kier molecular flexibility index (Phi) is 4.59. The van der Waals surface area contributed by atoms with Gasteiger partial charge in [-0.15, -0.1) is 0 Å². The third kappa shape index (κ3) is 3.40. The van der Waals surface area contributed by atoms with E-state index in [9.17, 15) is 14.0 Å². The topological polar surface area (TPSA) is 66.4 Å². The summed E-state index contributed by atoms with van der Waals surface area (Å²) in [7, 11) is 0. The Morgan fingerprint density at radius 1 is 1.19 bits per heavy atom. The number of carboxylic acid groups (broad SMARTS) is 1. The molecule has 0 unspecified atom stereocenters. The number of halogens is 3. The van der Waals surface area contributed by atoms with Crippen molar-refractivity contribution in [1.29, 1.82) is 0 Å². The number of nitrogens with one attached hydrogen (secondary N) is 1. The third-order valence-corrected chi connectivity index (χ3v) is 3.50. The predicted octanol–water partition coefficient (Wildman–Crippen LogP) is 4.19. The lowest BCUT2D eigenvalue weighted by Crippen LogP contribution is -2.16. The summed E-state index contributed by atoms with van der Waals surface area (Å²) in [6, 6.07) is 8.24. The van der Waals surface area contributed by atoms with E-state index in [1.807, 2.05) is 0 Å². The van der Waals surface area contributed by atoms with Crippen molar-refractivity contribution in [3.8, 4) is 0 Å². The zero-order chi connectivity index (χ0) is 15.6. The van der Waals surface area contributed by atoms with Crippen molar-refractivity contribution in [3.63, 3.8) is 0 Å². The molecule has 0 fully saturated rings. The zero-order valence-corrected chi connectivity index (χ0v) is 12.7. The zero-order valence-electron chi connectivity index (χ0n) is 10.4. The number of rotatable bonds is 3. The Hall–Kier alpha value is -1.92. The van der Waals surface area contributed by atoms with Crippen molar-refractivity contribution in [2.75, 3.05) is 5.32 Å². The van der Waals surface area contributed by atoms with E-state index in [2.05, 4.69) is 21.2 Å². The summed E-state index contributed by atoms with van der Waals surface area (Å²) in [5.74, 6) is -2.72. The first kappa shape index (κ1) is 15.5. The van der Waals surface area contributed by atoms with E-state index >= 15 is 0 Å². The summed E-state index contributed by atoms with van der Waals surface area (Å²) in [6.07, 6.45) is 0. The first-order valence-corrected chi connectivity index (χ1v) is 6.85. The second-order valence-electron chi connectivity index (χ2n) is 4.05. The first-order chi connectivity index (χ1) is 9.90. The number of anilines is 1. The lowest BCUT2D eigenvalue weighted by Gasteiger charge is -2.10. The molecule has 2 aromatic rings. The molecule has 7 heteroatoms. The van der Waals surface area contributed by atoms with Gasteiger partial charge in [0.15, 0.2) is 0 Å². The van der Waals surface area contributed by atoms with E-state index in [0.29, 0.717) is 0 Å². The SMILES string of the molecule is O=C(O)c1cc(Cl)ccc1NC(=O)c1cccc(Br)c1F. The van der Waals surface area contributed by atoms with E-state index in [-0.39, 0.29) is 26.3 Å². The number of benzene rings is 2. The molecule has 0 saturated heterocycles. The van der Waals surface area contributed by atoms with Crippen LogP contribution in [-0.4, -0.2) is 17.0 Å². The number of amides is 1. The van der Waals surface area contributed by atoms with Crippen LogP contribution in [0.5, 0.6) is 0 Å². The normalized spacial score (nSPS) is 10.2. The largest absolute Gasteiger partial charge is 0.478 e. The van der Waals surface area contributed by atoms with Crippen LogP contribution in [0.25, 0.3) is 0 Å². The van der Waals surface area contributed by atoms with E-state index < -0.39 is 17.7 Å². The summed E-state index contributed by atoms with van der Waals surface area (Å²) in [6.45, 7) is 0. The lowest BCUT2D eigenvalue weighted by atomic mass is 10.1. The van der Waals surface area contributed by atoms with Crippen LogP contribution in [-0.2, 0) is 0 Å². The van der Waals surface area contributed by atoms with E-state index in [1.165, 1.54) is 36.4 Å². The van der Waals surface area contributed by atoms with Crippen molar-refractivity contribution < 1.29 is 19.1 Å². The van der Waals surface area contributed by atoms with Crippen LogP contribution in [0.2, 0.25) is 5.02 Å². The van der Waals surface area contributed by atoms with Gasteiger partial charge in [-0.2, -0.15) is 0 Å². The predicted molar refractivity (Wildman–Crippen MR) is 80.5 cm³/mol. The monoisotopic (exact) mass is 371 g/mol.